The van der Waals surface area contributed by atoms with Crippen molar-refractivity contribution in [1.29, 1.82) is 0 Å². The second-order valence-electron chi connectivity index (χ2n) is 21.8. The molecule has 0 amide bonds. The van der Waals surface area contributed by atoms with Crippen LogP contribution in [0, 0.1) is 0 Å². The first-order chi connectivity index (χ1) is 31.8. The van der Waals surface area contributed by atoms with Crippen molar-refractivity contribution < 1.29 is 8.83 Å². The molecule has 68 heavy (non-hydrogen) atoms. The van der Waals surface area contributed by atoms with Gasteiger partial charge in [0, 0.05) is 21.5 Å². The molecule has 0 N–H and O–H groups in total. The van der Waals surface area contributed by atoms with E-state index in [-0.39, 0.29) is 0 Å². The SMILES string of the molecule is Bc1c(B)c(B)c2c(oc3c(B)c4c(oc5c(B)c(B)c(B)c(-c6c7c(B)c(B)c(B)c(B)c7c(-c7c(B)c(B)c8c(B)c(B)c(B)c(B)c8c7B)c7c(B)c(B)c(B)c(B)c67)c54)c(B)c32)c1B. The zero-order valence-electron chi connectivity index (χ0n) is 45.8. The van der Waals surface area contributed by atoms with Crippen LogP contribution in [0.4, 0.5) is 0 Å². The van der Waals surface area contributed by atoms with Gasteiger partial charge in [-0.1, -0.05) is 81.9 Å². The van der Waals surface area contributed by atoms with E-state index in [1.54, 1.807) is 0 Å². The molecule has 0 aliphatic carbocycles. The predicted molar refractivity (Wildman–Crippen MR) is 381 cm³/mol. The Bertz CT molecular complexity index is 4050. The maximum absolute atomic E-state index is 7.44. The molecule has 2 heterocycles. The van der Waals surface area contributed by atoms with E-state index >= 15 is 0 Å². The summed E-state index contributed by atoms with van der Waals surface area (Å²) in [4.78, 5) is 0. The first-order valence-corrected chi connectivity index (χ1v) is 25.1. The van der Waals surface area contributed by atoms with Gasteiger partial charge in [0.1, 0.15) is 211 Å². The van der Waals surface area contributed by atoms with Crippen molar-refractivity contribution in [2.45, 2.75) is 0 Å². The van der Waals surface area contributed by atoms with Crippen molar-refractivity contribution in [2.24, 2.45) is 0 Å². The number of fused-ring (bicyclic) bond motifs is 9. The molecule has 0 saturated carbocycles. The molecule has 26 heteroatoms. The molecule has 0 fully saturated rings. The van der Waals surface area contributed by atoms with Crippen molar-refractivity contribution >= 4 is 396 Å². The lowest BCUT2D eigenvalue weighted by molar-refractivity contribution is 0.670. The molecule has 0 atom stereocenters. The van der Waals surface area contributed by atoms with Crippen molar-refractivity contribution in [3.63, 3.8) is 0 Å². The lowest BCUT2D eigenvalue weighted by atomic mass is 9.56. The Hall–Kier alpha value is -4.30. The van der Waals surface area contributed by atoms with Gasteiger partial charge < -0.3 is 8.83 Å². The lowest BCUT2D eigenvalue weighted by Gasteiger charge is -2.31. The standard InChI is InChI=1S/C42H48B24O2/c43-15-9(21(49)22(50)11-10(15)23(51)32(60)33(61)24(11)52)2-5-3(16(44)28(56)30(58)18(5)46)1(4-6(2)19(47)31(59)29(57)17(4)45)7-8-12-26(54)41-14(13-25(53)34(62)36(64)38(66)42(13)68-41)27(55)40(12)67-39(8)37(65)35(63)20(7)48/h43-66H2. The molecule has 0 aliphatic heterocycles. The minimum atomic E-state index is 0.969. The summed E-state index contributed by atoms with van der Waals surface area (Å²) in [5.74, 6) is 0. The summed E-state index contributed by atoms with van der Waals surface area (Å²) in [6, 6.07) is 0. The fourth-order valence-corrected chi connectivity index (χ4v) is 13.5. The minimum absolute atomic E-state index is 0.969. The molecule has 2 aromatic heterocycles. The number of hydrogen-bond donors (Lipinski definition) is 0. The minimum Gasteiger partial charge on any atom is -0.457 e. The van der Waals surface area contributed by atoms with E-state index in [4.69, 9.17) is 8.83 Å². The van der Waals surface area contributed by atoms with Crippen LogP contribution >= 0.6 is 0 Å². The smallest absolute Gasteiger partial charge is 0.145 e. The zero-order valence-corrected chi connectivity index (χ0v) is 45.8. The Kier molecular flexibility index (Phi) is 10.9. The molecule has 10 aromatic rings. The van der Waals surface area contributed by atoms with Gasteiger partial charge >= 0.3 is 0 Å². The Morgan fingerprint density at radius 1 is 0.132 bits per heavy atom. The van der Waals surface area contributed by atoms with Gasteiger partial charge in [-0.05, 0) is 65.5 Å². The zero-order chi connectivity index (χ0) is 49.7. The normalized spacial score (nSPS) is 12.1. The summed E-state index contributed by atoms with van der Waals surface area (Å²) in [5.41, 5.74) is 41.2. The maximum Gasteiger partial charge on any atom is 0.145 e. The average molecular weight is 844 g/mol. The molecule has 0 aliphatic rings. The van der Waals surface area contributed by atoms with Crippen LogP contribution in [0.5, 0.6) is 0 Å². The van der Waals surface area contributed by atoms with Gasteiger partial charge in [0.15, 0.2) is 0 Å². The fraction of sp³-hybridized carbons (Fsp3) is 0. The number of rotatable bonds is 2. The third-order valence-electron chi connectivity index (χ3n) is 19.4. The molecule has 2 nitrogen and oxygen atoms in total. The molecule has 0 spiro atoms. The molecule has 0 unspecified atom stereocenters. The number of benzene rings is 8. The molecule has 0 bridgehead atoms. The predicted octanol–water partition coefficient (Wildman–Crippen LogP) is -29.5. The van der Waals surface area contributed by atoms with Gasteiger partial charge in [0.2, 0.25) is 0 Å². The van der Waals surface area contributed by atoms with Gasteiger partial charge in [0.05, 0.1) is 0 Å². The van der Waals surface area contributed by atoms with Gasteiger partial charge in [-0.2, -0.15) is 0 Å². The van der Waals surface area contributed by atoms with Crippen molar-refractivity contribution in [1.82, 2.24) is 0 Å². The van der Waals surface area contributed by atoms with E-state index in [1.165, 1.54) is 196 Å². The molecule has 10 rings (SSSR count). The highest BCUT2D eigenvalue weighted by molar-refractivity contribution is 6.76. The quantitative estimate of drug-likeness (QED) is 0.128. The van der Waals surface area contributed by atoms with Crippen LogP contribution in [-0.4, -0.2) is 188 Å². The largest absolute Gasteiger partial charge is 0.457 e. The summed E-state index contributed by atoms with van der Waals surface area (Å²) in [5, 5.41) is 13.1. The summed E-state index contributed by atoms with van der Waals surface area (Å²) in [6.07, 6.45) is 0. The highest BCUT2D eigenvalue weighted by atomic mass is 16.3. The second-order valence-corrected chi connectivity index (χ2v) is 21.8. The third kappa shape index (κ3) is 5.70. The van der Waals surface area contributed by atoms with E-state index in [2.05, 4.69) is 188 Å². The first-order valence-electron chi connectivity index (χ1n) is 25.1. The van der Waals surface area contributed by atoms with E-state index in [0.29, 0.717) is 0 Å². The Labute approximate surface area is 424 Å². The highest BCUT2D eigenvalue weighted by Gasteiger charge is 2.32. The summed E-state index contributed by atoms with van der Waals surface area (Å²) in [6.45, 7) is 0. The van der Waals surface area contributed by atoms with Gasteiger partial charge in [0.25, 0.3) is 0 Å². The van der Waals surface area contributed by atoms with Crippen molar-refractivity contribution in [3.05, 3.63) is 0 Å². The van der Waals surface area contributed by atoms with E-state index in [0.717, 1.165) is 33.3 Å². The summed E-state index contributed by atoms with van der Waals surface area (Å²) >= 11 is 0. The maximum atomic E-state index is 7.44. The molecule has 8 aromatic carbocycles. The number of furan rings is 2. The highest BCUT2D eigenvalue weighted by Crippen LogP contribution is 2.43. The number of hydrogen-bond acceptors (Lipinski definition) is 2. The van der Waals surface area contributed by atoms with Crippen molar-refractivity contribution in [3.8, 4) is 22.3 Å². The third-order valence-corrected chi connectivity index (χ3v) is 19.4. The molecular formula is C42H48B24O2. The lowest BCUT2D eigenvalue weighted by Crippen LogP contribution is -2.52. The van der Waals surface area contributed by atoms with E-state index in [1.807, 2.05) is 0 Å². The average Bonchev–Trinajstić information content (AvgIpc) is 3.92. The second kappa shape index (κ2) is 15.6. The van der Waals surface area contributed by atoms with Crippen LogP contribution in [0.3, 0.4) is 0 Å². The summed E-state index contributed by atoms with van der Waals surface area (Å²) in [7, 11) is 56.1. The van der Waals surface area contributed by atoms with Crippen LogP contribution in [0.25, 0.3) is 98.4 Å². The Morgan fingerprint density at radius 3 is 0.750 bits per heavy atom. The Morgan fingerprint density at radius 2 is 0.353 bits per heavy atom. The van der Waals surface area contributed by atoms with Crippen LogP contribution in [0.15, 0.2) is 8.83 Å². The van der Waals surface area contributed by atoms with Crippen LogP contribution in [0.2, 0.25) is 0 Å². The van der Waals surface area contributed by atoms with E-state index < -0.39 is 0 Å². The monoisotopic (exact) mass is 849 g/mol. The topological polar surface area (TPSA) is 26.3 Å². The molecule has 0 saturated heterocycles. The molecular weight excluding hydrogens is 796 g/mol. The van der Waals surface area contributed by atoms with E-state index in [9.17, 15) is 0 Å². The van der Waals surface area contributed by atoms with Crippen LogP contribution < -0.4 is 131 Å². The van der Waals surface area contributed by atoms with Gasteiger partial charge in [-0.25, -0.2) is 0 Å². The van der Waals surface area contributed by atoms with Gasteiger partial charge in [-0.3, -0.25) is 0 Å². The van der Waals surface area contributed by atoms with Gasteiger partial charge in [-0.15, -0.1) is 38.2 Å². The Balaban J connectivity index is 1.54. The van der Waals surface area contributed by atoms with Crippen LogP contribution in [-0.2, 0) is 0 Å². The molecule has 0 radical (unpaired) electrons. The molecule has 300 valence electrons. The first kappa shape index (κ1) is 47.4. The fourth-order valence-electron chi connectivity index (χ4n) is 13.5. The van der Waals surface area contributed by atoms with Crippen molar-refractivity contribution in [2.75, 3.05) is 0 Å². The van der Waals surface area contributed by atoms with Crippen LogP contribution in [0.1, 0.15) is 0 Å². The summed E-state index contributed by atoms with van der Waals surface area (Å²) < 4.78 is 14.6.